The van der Waals surface area contributed by atoms with Gasteiger partial charge in [-0.2, -0.15) is 0 Å². The Hall–Kier alpha value is -3.82. The molecular formula is C20H17FN4O5. The molecule has 0 unspecified atom stereocenters. The molecule has 30 heavy (non-hydrogen) atoms. The number of rotatable bonds is 8. The van der Waals surface area contributed by atoms with Crippen LogP contribution in [0.2, 0.25) is 0 Å². The Balaban J connectivity index is 1.44. The fourth-order valence-corrected chi connectivity index (χ4v) is 2.92. The lowest BCUT2D eigenvalue weighted by atomic mass is 10.2. The molecule has 9 nitrogen and oxygen atoms in total. The zero-order valence-electron chi connectivity index (χ0n) is 15.7. The quantitative estimate of drug-likeness (QED) is 0.412. The predicted molar refractivity (Wildman–Crippen MR) is 102 cm³/mol. The number of non-ortho nitro benzene ring substituents is 1. The van der Waals surface area contributed by atoms with Crippen LogP contribution in [0.1, 0.15) is 18.7 Å². The first kappa shape index (κ1) is 19.5. The summed E-state index contributed by atoms with van der Waals surface area (Å²) in [6.45, 7) is -0.241. The van der Waals surface area contributed by atoms with E-state index in [1.807, 2.05) is 0 Å². The number of carbonyl (C=O) groups is 1. The van der Waals surface area contributed by atoms with Crippen LogP contribution in [0.5, 0.6) is 5.75 Å². The van der Waals surface area contributed by atoms with Gasteiger partial charge in [0.05, 0.1) is 11.5 Å². The van der Waals surface area contributed by atoms with Crippen LogP contribution in [0.15, 0.2) is 52.9 Å². The first-order valence-corrected chi connectivity index (χ1v) is 9.25. The normalized spacial score (nSPS) is 13.1. The summed E-state index contributed by atoms with van der Waals surface area (Å²) in [6.07, 6.45) is 1.69. The molecule has 0 spiro atoms. The Morgan fingerprint density at radius 2 is 2.03 bits per heavy atom. The Kier molecular flexibility index (Phi) is 5.38. The molecule has 0 N–H and O–H groups in total. The smallest absolute Gasteiger partial charge is 0.270 e. The van der Waals surface area contributed by atoms with Crippen LogP contribution in [-0.4, -0.2) is 38.6 Å². The van der Waals surface area contributed by atoms with E-state index >= 15 is 0 Å². The van der Waals surface area contributed by atoms with Crippen LogP contribution in [0.3, 0.4) is 0 Å². The van der Waals surface area contributed by atoms with Crippen molar-refractivity contribution in [2.24, 2.45) is 0 Å². The summed E-state index contributed by atoms with van der Waals surface area (Å²) in [5.74, 6) is -0.535. The van der Waals surface area contributed by atoms with E-state index in [0.29, 0.717) is 5.56 Å². The largest absolute Gasteiger partial charge is 0.481 e. The summed E-state index contributed by atoms with van der Waals surface area (Å²) in [7, 11) is 0. The number of hydrogen-bond donors (Lipinski definition) is 0. The molecule has 3 aromatic rings. The average Bonchev–Trinajstić information content (AvgIpc) is 3.48. The van der Waals surface area contributed by atoms with Crippen molar-refractivity contribution in [2.45, 2.75) is 25.4 Å². The first-order valence-electron chi connectivity index (χ1n) is 9.25. The van der Waals surface area contributed by atoms with Gasteiger partial charge in [0, 0.05) is 23.7 Å². The Morgan fingerprint density at radius 3 is 2.77 bits per heavy atom. The van der Waals surface area contributed by atoms with Crippen LogP contribution >= 0.6 is 0 Å². The number of amides is 1. The number of para-hydroxylation sites is 1. The predicted octanol–water partition coefficient (Wildman–Crippen LogP) is 3.35. The highest BCUT2D eigenvalue weighted by Crippen LogP contribution is 2.29. The van der Waals surface area contributed by atoms with Gasteiger partial charge in [-0.1, -0.05) is 18.2 Å². The maximum atomic E-state index is 13.7. The van der Waals surface area contributed by atoms with Crippen LogP contribution in [0.4, 0.5) is 10.1 Å². The number of nitrogens with zero attached hydrogens (tertiary/aromatic N) is 4. The Bertz CT molecular complexity index is 1080. The molecule has 0 bridgehead atoms. The molecule has 4 rings (SSSR count). The van der Waals surface area contributed by atoms with Crippen molar-refractivity contribution in [1.82, 2.24) is 15.1 Å². The van der Waals surface area contributed by atoms with Gasteiger partial charge in [-0.25, -0.2) is 4.39 Å². The lowest BCUT2D eigenvalue weighted by Gasteiger charge is -2.20. The number of aromatic nitrogens is 2. The van der Waals surface area contributed by atoms with Gasteiger partial charge in [0.1, 0.15) is 0 Å². The van der Waals surface area contributed by atoms with E-state index in [0.717, 1.165) is 12.8 Å². The summed E-state index contributed by atoms with van der Waals surface area (Å²) < 4.78 is 24.6. The number of hydrogen-bond acceptors (Lipinski definition) is 7. The summed E-state index contributed by atoms with van der Waals surface area (Å²) in [4.78, 5) is 24.6. The standard InChI is InChI=1S/C20H17FN4O5/c21-16-6-1-2-7-17(16)29-12-19(26)24(14-8-9-14)11-18-22-23-20(30-18)13-4-3-5-15(10-13)25(27)28/h1-7,10,14H,8-9,11-12H2. The van der Waals surface area contributed by atoms with E-state index in [1.54, 1.807) is 17.0 Å². The molecule has 154 valence electrons. The molecule has 1 amide bonds. The highest BCUT2D eigenvalue weighted by molar-refractivity contribution is 5.78. The first-order chi connectivity index (χ1) is 14.5. The van der Waals surface area contributed by atoms with Crippen LogP contribution in [0.25, 0.3) is 11.5 Å². The molecule has 2 aromatic carbocycles. The minimum absolute atomic E-state index is 0.00680. The summed E-state index contributed by atoms with van der Waals surface area (Å²) in [5.41, 5.74) is 0.322. The zero-order chi connectivity index (χ0) is 21.1. The van der Waals surface area contributed by atoms with Crippen molar-refractivity contribution < 1.29 is 23.3 Å². The van der Waals surface area contributed by atoms with E-state index in [-0.39, 0.29) is 48.3 Å². The highest BCUT2D eigenvalue weighted by atomic mass is 19.1. The van der Waals surface area contributed by atoms with Gasteiger partial charge in [-0.3, -0.25) is 14.9 Å². The molecule has 1 heterocycles. The van der Waals surface area contributed by atoms with Gasteiger partial charge in [0.2, 0.25) is 11.8 Å². The molecule has 0 radical (unpaired) electrons. The molecule has 1 aromatic heterocycles. The van der Waals surface area contributed by atoms with Gasteiger partial charge in [-0.15, -0.1) is 10.2 Å². The third kappa shape index (κ3) is 4.43. The fraction of sp³-hybridized carbons (Fsp3) is 0.250. The fourth-order valence-electron chi connectivity index (χ4n) is 2.92. The molecule has 0 aliphatic heterocycles. The SMILES string of the molecule is O=C(COc1ccccc1F)N(Cc1nnc(-c2cccc([N+](=O)[O-])c2)o1)C1CC1. The molecule has 1 saturated carbocycles. The number of benzene rings is 2. The monoisotopic (exact) mass is 412 g/mol. The van der Waals surface area contributed by atoms with Gasteiger partial charge in [0.25, 0.3) is 11.6 Å². The van der Waals surface area contributed by atoms with E-state index in [1.165, 1.54) is 36.4 Å². The van der Waals surface area contributed by atoms with Crippen LogP contribution < -0.4 is 4.74 Å². The lowest BCUT2D eigenvalue weighted by molar-refractivity contribution is -0.384. The number of nitro benzene ring substituents is 1. The zero-order valence-corrected chi connectivity index (χ0v) is 15.7. The maximum absolute atomic E-state index is 13.7. The van der Waals surface area contributed by atoms with Crippen molar-refractivity contribution in [3.8, 4) is 17.2 Å². The number of nitro groups is 1. The third-order valence-corrected chi connectivity index (χ3v) is 4.57. The number of ether oxygens (including phenoxy) is 1. The minimum atomic E-state index is -0.540. The van der Waals surface area contributed by atoms with Crippen molar-refractivity contribution in [1.29, 1.82) is 0 Å². The van der Waals surface area contributed by atoms with Crippen molar-refractivity contribution in [2.75, 3.05) is 6.61 Å². The second-order valence-corrected chi connectivity index (χ2v) is 6.78. The van der Waals surface area contributed by atoms with Crippen molar-refractivity contribution in [3.05, 3.63) is 70.4 Å². The van der Waals surface area contributed by atoms with Crippen molar-refractivity contribution >= 4 is 11.6 Å². The van der Waals surface area contributed by atoms with E-state index in [4.69, 9.17) is 9.15 Å². The molecule has 0 saturated heterocycles. The van der Waals surface area contributed by atoms with E-state index in [2.05, 4.69) is 10.2 Å². The topological polar surface area (TPSA) is 112 Å². The molecular weight excluding hydrogens is 395 g/mol. The van der Waals surface area contributed by atoms with E-state index in [9.17, 15) is 19.3 Å². The second-order valence-electron chi connectivity index (χ2n) is 6.78. The summed E-state index contributed by atoms with van der Waals surface area (Å²) in [5, 5.41) is 18.8. The van der Waals surface area contributed by atoms with Gasteiger partial charge < -0.3 is 14.1 Å². The summed E-state index contributed by atoms with van der Waals surface area (Å²) >= 11 is 0. The maximum Gasteiger partial charge on any atom is 0.270 e. The second kappa shape index (κ2) is 8.27. The Labute approximate surface area is 170 Å². The molecule has 0 atom stereocenters. The van der Waals surface area contributed by atoms with Gasteiger partial charge in [-0.05, 0) is 31.0 Å². The van der Waals surface area contributed by atoms with Crippen molar-refractivity contribution in [3.63, 3.8) is 0 Å². The van der Waals surface area contributed by atoms with Crippen LogP contribution in [0, 0.1) is 15.9 Å². The Morgan fingerprint density at radius 1 is 1.23 bits per heavy atom. The minimum Gasteiger partial charge on any atom is -0.481 e. The summed E-state index contributed by atoms with van der Waals surface area (Å²) in [6, 6.07) is 11.8. The third-order valence-electron chi connectivity index (χ3n) is 4.57. The lowest BCUT2D eigenvalue weighted by Crippen LogP contribution is -2.36. The van der Waals surface area contributed by atoms with Crippen LogP contribution in [-0.2, 0) is 11.3 Å². The molecule has 1 aliphatic rings. The number of halogens is 1. The molecule has 10 heteroatoms. The molecule has 1 fully saturated rings. The van der Waals surface area contributed by atoms with E-state index < -0.39 is 10.7 Å². The number of carbonyl (C=O) groups excluding carboxylic acids is 1. The van der Waals surface area contributed by atoms with Gasteiger partial charge in [0.15, 0.2) is 18.2 Å². The highest BCUT2D eigenvalue weighted by Gasteiger charge is 2.34. The van der Waals surface area contributed by atoms with Gasteiger partial charge >= 0.3 is 0 Å². The average molecular weight is 412 g/mol. The molecule has 1 aliphatic carbocycles.